The molecule has 0 spiro atoms. The third-order valence-electron chi connectivity index (χ3n) is 5.14. The highest BCUT2D eigenvalue weighted by molar-refractivity contribution is 6.13. The maximum absolute atomic E-state index is 12.3. The topological polar surface area (TPSA) is 96.6 Å². The predicted octanol–water partition coefficient (Wildman–Crippen LogP) is 4.24. The van der Waals surface area contributed by atoms with E-state index < -0.39 is 5.91 Å². The summed E-state index contributed by atoms with van der Waals surface area (Å²) in [6.07, 6.45) is 1.64. The highest BCUT2D eigenvalue weighted by Gasteiger charge is 2.14. The minimum atomic E-state index is -0.462. The average molecular weight is 438 g/mol. The number of carbonyl (C=O) groups is 1. The van der Waals surface area contributed by atoms with E-state index in [0.717, 1.165) is 27.1 Å². The molecule has 0 atom stereocenters. The van der Waals surface area contributed by atoms with Crippen LogP contribution in [0.5, 0.6) is 5.88 Å². The van der Waals surface area contributed by atoms with E-state index in [1.807, 2.05) is 48.5 Å². The molecule has 0 saturated carbocycles. The number of hydrogen-bond acceptors (Lipinski definition) is 6. The third-order valence-corrected chi connectivity index (χ3v) is 5.14. The summed E-state index contributed by atoms with van der Waals surface area (Å²) in [5, 5.41) is 17.9. The molecule has 0 saturated heterocycles. The monoisotopic (exact) mass is 438 g/mol. The number of rotatable bonds is 7. The highest BCUT2D eigenvalue weighted by Crippen LogP contribution is 2.27. The first kappa shape index (κ1) is 21.9. The zero-order valence-electron chi connectivity index (χ0n) is 18.3. The Bertz CT molecular complexity index is 1350. The molecular weight excluding hydrogens is 416 g/mol. The molecule has 0 aliphatic heterocycles. The maximum atomic E-state index is 12.3. The Morgan fingerprint density at radius 1 is 1.12 bits per heavy atom. The van der Waals surface area contributed by atoms with Crippen molar-refractivity contribution in [2.45, 2.75) is 13.5 Å². The van der Waals surface area contributed by atoms with Gasteiger partial charge < -0.3 is 9.47 Å². The van der Waals surface area contributed by atoms with Gasteiger partial charge in [-0.3, -0.25) is 4.79 Å². The number of hydrogen-bond donors (Lipinski definition) is 1. The number of nitrogens with zero attached hydrogens (tertiary/aromatic N) is 3. The second-order valence-electron chi connectivity index (χ2n) is 7.46. The van der Waals surface area contributed by atoms with Crippen LogP contribution >= 0.6 is 0 Å². The maximum Gasteiger partial charge on any atom is 0.278 e. The normalized spacial score (nSPS) is 11.1. The molecule has 0 fully saturated rings. The van der Waals surface area contributed by atoms with Gasteiger partial charge in [-0.25, -0.2) is 10.4 Å². The van der Waals surface area contributed by atoms with E-state index in [9.17, 15) is 10.1 Å². The average Bonchev–Trinajstić information content (AvgIpc) is 2.82. The molecule has 0 unspecified atom stereocenters. The zero-order valence-corrected chi connectivity index (χ0v) is 18.3. The number of carbonyl (C=O) groups excluding carboxylic acids is 1. The summed E-state index contributed by atoms with van der Waals surface area (Å²) in [4.78, 5) is 16.6. The molecule has 0 bridgehead atoms. The molecule has 0 aliphatic rings. The van der Waals surface area contributed by atoms with Gasteiger partial charge in [-0.05, 0) is 40.6 Å². The standard InChI is InChI=1S/C26H22N4O3/c1-17-11-20(15-32-2)23(13-27)26(29-17)33-16-25(31)30-28-14-24-21-9-5-3-7-18(21)12-19-8-4-6-10-22(19)24/h3-12,14H,15-16H2,1-2H3,(H,30,31)/b28-14-. The third kappa shape index (κ3) is 4.81. The number of fused-ring (bicyclic) bond motifs is 2. The molecule has 7 heteroatoms. The van der Waals surface area contributed by atoms with Crippen molar-refractivity contribution >= 4 is 33.7 Å². The van der Waals surface area contributed by atoms with Gasteiger partial charge in [-0.2, -0.15) is 10.4 Å². The largest absolute Gasteiger partial charge is 0.467 e. The van der Waals surface area contributed by atoms with E-state index in [1.165, 1.54) is 0 Å². The molecule has 1 amide bonds. The van der Waals surface area contributed by atoms with Gasteiger partial charge in [0.1, 0.15) is 11.6 Å². The lowest BCUT2D eigenvalue weighted by Crippen LogP contribution is -2.25. The number of aromatic nitrogens is 1. The highest BCUT2D eigenvalue weighted by atomic mass is 16.5. The first-order valence-corrected chi connectivity index (χ1v) is 10.4. The summed E-state index contributed by atoms with van der Waals surface area (Å²) in [5.41, 5.74) is 4.98. The summed E-state index contributed by atoms with van der Waals surface area (Å²) in [6, 6.07) is 22.0. The number of aryl methyl sites for hydroxylation is 1. The Morgan fingerprint density at radius 2 is 1.79 bits per heavy atom. The molecule has 4 rings (SSSR count). The fourth-order valence-electron chi connectivity index (χ4n) is 3.73. The van der Waals surface area contributed by atoms with Crippen molar-refractivity contribution in [2.24, 2.45) is 5.10 Å². The lowest BCUT2D eigenvalue weighted by molar-refractivity contribution is -0.123. The van der Waals surface area contributed by atoms with Crippen molar-refractivity contribution in [3.05, 3.63) is 83.0 Å². The molecule has 1 N–H and O–H groups in total. The molecule has 0 aliphatic carbocycles. The Morgan fingerprint density at radius 3 is 2.42 bits per heavy atom. The van der Waals surface area contributed by atoms with Crippen LogP contribution in [-0.2, 0) is 16.1 Å². The SMILES string of the molecule is COCc1cc(C)nc(OCC(=O)N/N=C\c2c3ccccc3cc3ccccc23)c1C#N. The van der Waals surface area contributed by atoms with Crippen LogP contribution in [0.15, 0.2) is 65.8 Å². The molecular formula is C26H22N4O3. The summed E-state index contributed by atoms with van der Waals surface area (Å²) >= 11 is 0. The van der Waals surface area contributed by atoms with Gasteiger partial charge in [0, 0.05) is 23.9 Å². The number of hydrazone groups is 1. The van der Waals surface area contributed by atoms with Crippen LogP contribution in [-0.4, -0.2) is 30.8 Å². The van der Waals surface area contributed by atoms with Gasteiger partial charge in [-0.1, -0.05) is 48.5 Å². The number of benzene rings is 3. The van der Waals surface area contributed by atoms with Crippen molar-refractivity contribution in [1.82, 2.24) is 10.4 Å². The number of methoxy groups -OCH3 is 1. The van der Waals surface area contributed by atoms with E-state index in [-0.39, 0.29) is 24.7 Å². The van der Waals surface area contributed by atoms with Crippen molar-refractivity contribution in [3.8, 4) is 11.9 Å². The number of nitriles is 1. The van der Waals surface area contributed by atoms with Gasteiger partial charge in [0.15, 0.2) is 6.61 Å². The quantitative estimate of drug-likeness (QED) is 0.264. The van der Waals surface area contributed by atoms with Crippen LogP contribution in [0.25, 0.3) is 21.5 Å². The molecule has 1 aromatic heterocycles. The summed E-state index contributed by atoms with van der Waals surface area (Å²) in [6.45, 7) is 1.70. The lowest BCUT2D eigenvalue weighted by Gasteiger charge is -2.11. The minimum Gasteiger partial charge on any atom is -0.467 e. The molecule has 3 aromatic carbocycles. The van der Waals surface area contributed by atoms with Crippen molar-refractivity contribution in [2.75, 3.05) is 13.7 Å². The number of amides is 1. The van der Waals surface area contributed by atoms with E-state index in [1.54, 1.807) is 26.3 Å². The summed E-state index contributed by atoms with van der Waals surface area (Å²) in [5.74, 6) is -0.361. The van der Waals surface area contributed by atoms with Crippen LogP contribution in [0.4, 0.5) is 0 Å². The molecule has 1 heterocycles. The van der Waals surface area contributed by atoms with E-state index in [0.29, 0.717) is 11.3 Å². The Hall–Kier alpha value is -4.28. The van der Waals surface area contributed by atoms with E-state index in [2.05, 4.69) is 27.6 Å². The second-order valence-corrected chi connectivity index (χ2v) is 7.46. The van der Waals surface area contributed by atoms with E-state index in [4.69, 9.17) is 9.47 Å². The van der Waals surface area contributed by atoms with Gasteiger partial charge in [0.25, 0.3) is 5.91 Å². The van der Waals surface area contributed by atoms with Crippen molar-refractivity contribution in [3.63, 3.8) is 0 Å². The van der Waals surface area contributed by atoms with Gasteiger partial charge >= 0.3 is 0 Å². The van der Waals surface area contributed by atoms with Crippen LogP contribution in [0.2, 0.25) is 0 Å². The van der Waals surface area contributed by atoms with Gasteiger partial charge in [0.05, 0.1) is 12.8 Å². The van der Waals surface area contributed by atoms with Crippen LogP contribution < -0.4 is 10.2 Å². The number of ether oxygens (including phenoxy) is 2. The first-order valence-electron chi connectivity index (χ1n) is 10.4. The Labute approximate surface area is 191 Å². The van der Waals surface area contributed by atoms with Crippen LogP contribution in [0, 0.1) is 18.3 Å². The van der Waals surface area contributed by atoms with Crippen molar-refractivity contribution < 1.29 is 14.3 Å². The number of pyridine rings is 1. The lowest BCUT2D eigenvalue weighted by atomic mass is 9.97. The molecule has 0 radical (unpaired) electrons. The zero-order chi connectivity index (χ0) is 23.2. The van der Waals surface area contributed by atoms with Crippen molar-refractivity contribution in [1.29, 1.82) is 5.26 Å². The molecule has 4 aromatic rings. The predicted molar refractivity (Wildman–Crippen MR) is 127 cm³/mol. The van der Waals surface area contributed by atoms with Crippen LogP contribution in [0.3, 0.4) is 0 Å². The minimum absolute atomic E-state index is 0.101. The first-order chi connectivity index (χ1) is 16.1. The Kier molecular flexibility index (Phi) is 6.58. The molecule has 164 valence electrons. The fourth-order valence-corrected chi connectivity index (χ4v) is 3.73. The van der Waals surface area contributed by atoms with Gasteiger partial charge in [-0.15, -0.1) is 0 Å². The molecule has 33 heavy (non-hydrogen) atoms. The van der Waals surface area contributed by atoms with Gasteiger partial charge in [0.2, 0.25) is 5.88 Å². The Balaban J connectivity index is 1.51. The van der Waals surface area contributed by atoms with Crippen LogP contribution in [0.1, 0.15) is 22.4 Å². The summed E-state index contributed by atoms with van der Waals surface area (Å²) < 4.78 is 10.7. The summed E-state index contributed by atoms with van der Waals surface area (Å²) in [7, 11) is 1.54. The molecule has 7 nitrogen and oxygen atoms in total. The number of nitrogens with one attached hydrogen (secondary N) is 1. The second kappa shape index (κ2) is 9.90. The van der Waals surface area contributed by atoms with E-state index >= 15 is 0 Å². The fraction of sp³-hybridized carbons (Fsp3) is 0.154. The smallest absolute Gasteiger partial charge is 0.278 e.